The van der Waals surface area contributed by atoms with Crippen LogP contribution in [0.25, 0.3) is 87.0 Å². The Morgan fingerprint density at radius 3 is 1.76 bits per heavy atom. The molecule has 9 rings (SSSR count). The highest BCUT2D eigenvalue weighted by Crippen LogP contribution is 2.45. The van der Waals surface area contributed by atoms with Crippen molar-refractivity contribution in [3.8, 4) is 45.3 Å². The summed E-state index contributed by atoms with van der Waals surface area (Å²) in [5.74, 6) is 2.01. The van der Waals surface area contributed by atoms with Crippen LogP contribution in [0.2, 0.25) is 0 Å². The molecule has 0 saturated carbocycles. The topological polar surface area (TPSA) is 38.7 Å². The molecule has 0 N–H and O–H groups in total. The third kappa shape index (κ3) is 4.46. The molecule has 0 aliphatic carbocycles. The minimum atomic E-state index is 0.660. The molecule has 7 aromatic carbocycles. The zero-order valence-corrected chi connectivity index (χ0v) is 25.9. The molecule has 0 bridgehead atoms. The molecule has 2 heterocycles. The quantitative estimate of drug-likeness (QED) is 0.187. The number of benzene rings is 7. The first-order valence-corrected chi connectivity index (χ1v) is 16.3. The van der Waals surface area contributed by atoms with Crippen LogP contribution >= 0.6 is 11.3 Å². The van der Waals surface area contributed by atoms with Crippen molar-refractivity contribution in [3.05, 3.63) is 151 Å². The smallest absolute Gasteiger partial charge is 0.165 e. The molecular formula is C42H27N3S. The summed E-state index contributed by atoms with van der Waals surface area (Å²) >= 11 is 1.81. The molecule has 216 valence electrons. The zero-order chi connectivity index (χ0) is 30.6. The van der Waals surface area contributed by atoms with Crippen LogP contribution in [-0.4, -0.2) is 15.0 Å². The minimum Gasteiger partial charge on any atom is -0.208 e. The Balaban J connectivity index is 1.32. The summed E-state index contributed by atoms with van der Waals surface area (Å²) in [4.78, 5) is 15.4. The van der Waals surface area contributed by atoms with Gasteiger partial charge in [0.25, 0.3) is 0 Å². The van der Waals surface area contributed by atoms with Crippen molar-refractivity contribution in [2.45, 2.75) is 6.92 Å². The van der Waals surface area contributed by atoms with E-state index >= 15 is 0 Å². The fourth-order valence-corrected chi connectivity index (χ4v) is 7.68. The summed E-state index contributed by atoms with van der Waals surface area (Å²) in [5.41, 5.74) is 6.49. The fraction of sp³-hybridized carbons (Fsp3) is 0.0238. The van der Waals surface area contributed by atoms with Gasteiger partial charge in [0, 0.05) is 36.9 Å². The number of hydrogen-bond donors (Lipinski definition) is 0. The first-order valence-electron chi connectivity index (χ1n) is 15.4. The van der Waals surface area contributed by atoms with Crippen molar-refractivity contribution < 1.29 is 0 Å². The maximum Gasteiger partial charge on any atom is 0.165 e. The molecule has 46 heavy (non-hydrogen) atoms. The lowest BCUT2D eigenvalue weighted by Gasteiger charge is -2.12. The number of nitrogens with zero attached hydrogens (tertiary/aromatic N) is 3. The number of thiophene rings is 1. The van der Waals surface area contributed by atoms with E-state index in [2.05, 4.69) is 146 Å². The van der Waals surface area contributed by atoms with Gasteiger partial charge in [-0.3, -0.25) is 0 Å². The van der Waals surface area contributed by atoms with Gasteiger partial charge in [-0.2, -0.15) is 0 Å². The highest BCUT2D eigenvalue weighted by molar-refractivity contribution is 7.26. The summed E-state index contributed by atoms with van der Waals surface area (Å²) in [7, 11) is 0. The van der Waals surface area contributed by atoms with Crippen LogP contribution in [0.4, 0.5) is 0 Å². The van der Waals surface area contributed by atoms with E-state index in [1.54, 1.807) is 0 Å². The molecule has 0 aliphatic heterocycles. The van der Waals surface area contributed by atoms with Gasteiger partial charge in [0.15, 0.2) is 17.5 Å². The second-order valence-electron chi connectivity index (χ2n) is 11.7. The molecule has 0 spiro atoms. The van der Waals surface area contributed by atoms with Gasteiger partial charge in [-0.15, -0.1) is 11.3 Å². The average molecular weight is 606 g/mol. The maximum atomic E-state index is 5.19. The Morgan fingerprint density at radius 1 is 0.435 bits per heavy atom. The highest BCUT2D eigenvalue weighted by Gasteiger charge is 2.20. The SMILES string of the molecule is Cc1ccc(-c2nc(-c3ccc(-c4ccccc4)cc3)nc(-c3cc4ccc5ccccc5c4c4c3sc3ccccc34)n2)cc1. The molecule has 3 nitrogen and oxygen atoms in total. The number of hydrogen-bond acceptors (Lipinski definition) is 4. The van der Waals surface area contributed by atoms with Crippen molar-refractivity contribution in [2.75, 3.05) is 0 Å². The van der Waals surface area contributed by atoms with Crippen LogP contribution in [-0.2, 0) is 0 Å². The Bertz CT molecular complexity index is 2570. The van der Waals surface area contributed by atoms with Crippen LogP contribution in [0.15, 0.2) is 146 Å². The van der Waals surface area contributed by atoms with E-state index in [4.69, 9.17) is 15.0 Å². The monoisotopic (exact) mass is 605 g/mol. The van der Waals surface area contributed by atoms with Crippen LogP contribution in [0.5, 0.6) is 0 Å². The molecule has 9 aromatic rings. The predicted molar refractivity (Wildman–Crippen MR) is 194 cm³/mol. The van der Waals surface area contributed by atoms with E-state index in [1.807, 2.05) is 17.4 Å². The summed E-state index contributed by atoms with van der Waals surface area (Å²) in [6.45, 7) is 2.10. The van der Waals surface area contributed by atoms with Crippen molar-refractivity contribution in [2.24, 2.45) is 0 Å². The normalized spacial score (nSPS) is 11.6. The van der Waals surface area contributed by atoms with E-state index < -0.39 is 0 Å². The molecule has 0 atom stereocenters. The van der Waals surface area contributed by atoms with Crippen molar-refractivity contribution in [3.63, 3.8) is 0 Å². The van der Waals surface area contributed by atoms with Crippen LogP contribution in [0.1, 0.15) is 5.56 Å². The third-order valence-electron chi connectivity index (χ3n) is 8.79. The number of aromatic nitrogens is 3. The van der Waals surface area contributed by atoms with E-state index in [0.29, 0.717) is 17.5 Å². The lowest BCUT2D eigenvalue weighted by Crippen LogP contribution is -2.00. The van der Waals surface area contributed by atoms with Gasteiger partial charge >= 0.3 is 0 Å². The van der Waals surface area contributed by atoms with Gasteiger partial charge < -0.3 is 0 Å². The number of fused-ring (bicyclic) bond motifs is 7. The molecule has 0 saturated heterocycles. The first kappa shape index (κ1) is 26.7. The molecule has 0 aliphatic rings. The molecule has 0 fully saturated rings. The summed E-state index contributed by atoms with van der Waals surface area (Å²) in [5, 5.41) is 7.47. The molecule has 0 radical (unpaired) electrons. The van der Waals surface area contributed by atoms with Gasteiger partial charge in [-0.05, 0) is 51.7 Å². The van der Waals surface area contributed by atoms with Crippen molar-refractivity contribution in [1.82, 2.24) is 15.0 Å². The molecular weight excluding hydrogens is 579 g/mol. The number of rotatable bonds is 4. The average Bonchev–Trinajstić information content (AvgIpc) is 3.51. The molecule has 0 amide bonds. The summed E-state index contributed by atoms with van der Waals surface area (Å²) in [6, 6.07) is 51.5. The minimum absolute atomic E-state index is 0.660. The van der Waals surface area contributed by atoms with E-state index in [0.717, 1.165) is 22.3 Å². The summed E-state index contributed by atoms with van der Waals surface area (Å²) in [6.07, 6.45) is 0. The summed E-state index contributed by atoms with van der Waals surface area (Å²) < 4.78 is 2.44. The maximum absolute atomic E-state index is 5.19. The highest BCUT2D eigenvalue weighted by atomic mass is 32.1. The van der Waals surface area contributed by atoms with Crippen molar-refractivity contribution >= 4 is 53.1 Å². The second kappa shape index (κ2) is 10.7. The molecule has 0 unspecified atom stereocenters. The van der Waals surface area contributed by atoms with Gasteiger partial charge in [-0.1, -0.05) is 139 Å². The second-order valence-corrected chi connectivity index (χ2v) is 12.8. The van der Waals surface area contributed by atoms with Gasteiger partial charge in [-0.25, -0.2) is 15.0 Å². The van der Waals surface area contributed by atoms with Gasteiger partial charge in [0.2, 0.25) is 0 Å². The zero-order valence-electron chi connectivity index (χ0n) is 25.1. The fourth-order valence-electron chi connectivity index (χ4n) is 6.46. The first-order chi connectivity index (χ1) is 22.7. The number of aryl methyl sites for hydroxylation is 1. The van der Waals surface area contributed by atoms with Crippen LogP contribution in [0, 0.1) is 6.92 Å². The van der Waals surface area contributed by atoms with Gasteiger partial charge in [0.1, 0.15) is 0 Å². The van der Waals surface area contributed by atoms with E-state index in [9.17, 15) is 0 Å². The van der Waals surface area contributed by atoms with Crippen molar-refractivity contribution in [1.29, 1.82) is 0 Å². The van der Waals surface area contributed by atoms with E-state index in [-0.39, 0.29) is 0 Å². The van der Waals surface area contributed by atoms with Crippen LogP contribution < -0.4 is 0 Å². The largest absolute Gasteiger partial charge is 0.208 e. The van der Waals surface area contributed by atoms with Gasteiger partial charge in [0.05, 0.1) is 0 Å². The lowest BCUT2D eigenvalue weighted by molar-refractivity contribution is 1.08. The van der Waals surface area contributed by atoms with E-state index in [1.165, 1.54) is 52.8 Å². The lowest BCUT2D eigenvalue weighted by atomic mass is 9.95. The predicted octanol–water partition coefficient (Wildman–Crippen LogP) is 11.5. The van der Waals surface area contributed by atoms with Crippen LogP contribution in [0.3, 0.4) is 0 Å². The Hall–Kier alpha value is -5.71. The molecule has 2 aromatic heterocycles. The standard InChI is InChI=1S/C42H27N3S/c1-26-15-17-30(18-16-26)40-43-41(31-22-19-28(20-23-31)27-9-3-2-4-10-27)45-42(44-40)35-25-32-24-21-29-11-5-6-12-33(29)37(32)38-34-13-7-8-14-36(34)46-39(35)38/h2-25H,1H3. The molecule has 4 heteroatoms. The Kier molecular flexibility index (Phi) is 6.22. The Morgan fingerprint density at radius 2 is 1.00 bits per heavy atom. The third-order valence-corrected chi connectivity index (χ3v) is 9.99. The Labute approximate surface area is 270 Å².